The van der Waals surface area contributed by atoms with Gasteiger partial charge in [0.1, 0.15) is 17.3 Å². The monoisotopic (exact) mass is 422 g/mol. The third-order valence-corrected chi connectivity index (χ3v) is 6.77. The summed E-state index contributed by atoms with van der Waals surface area (Å²) in [6.07, 6.45) is -3.20. The molecule has 2 fully saturated rings. The Hall–Kier alpha value is -1.77. The number of fused-ring (bicyclic) bond motifs is 3. The summed E-state index contributed by atoms with van der Waals surface area (Å²) in [4.78, 5) is 23.7. The summed E-state index contributed by atoms with van der Waals surface area (Å²) in [7, 11) is 0. The van der Waals surface area contributed by atoms with Crippen molar-refractivity contribution in [2.45, 2.75) is 62.9 Å². The molecule has 1 saturated carbocycles. The topological polar surface area (TPSA) is 90.6 Å². The normalized spacial score (nSPS) is 38.1. The second-order valence-electron chi connectivity index (χ2n) is 7.46. The highest BCUT2D eigenvalue weighted by atomic mass is 32.1. The van der Waals surface area contributed by atoms with Gasteiger partial charge in [-0.15, -0.1) is 11.3 Å². The molecule has 3 aliphatic rings. The number of morpholine rings is 1. The van der Waals surface area contributed by atoms with Crippen molar-refractivity contribution in [2.24, 2.45) is 5.73 Å². The molecule has 2 N–H and O–H groups in total. The first-order valence-corrected chi connectivity index (χ1v) is 10.8. The van der Waals surface area contributed by atoms with E-state index < -0.39 is 37.0 Å². The molecule has 4 atom stereocenters. The number of nitrogens with two attached hydrogens (primary N) is 1. The van der Waals surface area contributed by atoms with Crippen LogP contribution in [0.25, 0.3) is 10.2 Å². The van der Waals surface area contributed by atoms with Gasteiger partial charge in [0.25, 0.3) is 0 Å². The number of aromatic nitrogens is 2. The molecule has 8 heteroatoms. The van der Waals surface area contributed by atoms with E-state index in [-0.39, 0.29) is 30.3 Å². The van der Waals surface area contributed by atoms with Crippen LogP contribution in [0.3, 0.4) is 0 Å². The zero-order valence-corrected chi connectivity index (χ0v) is 16.8. The first kappa shape index (κ1) is 13.5. The Bertz CT molecular complexity index is 1140. The highest BCUT2D eigenvalue weighted by molar-refractivity contribution is 7.19. The van der Waals surface area contributed by atoms with Crippen LogP contribution < -0.4 is 10.5 Å². The average Bonchev–Trinajstić information content (AvgIpc) is 3.28. The van der Waals surface area contributed by atoms with Crippen molar-refractivity contribution < 1.29 is 22.5 Å². The lowest BCUT2D eigenvalue weighted by Gasteiger charge is -2.38. The van der Waals surface area contributed by atoms with E-state index in [1.807, 2.05) is 0 Å². The van der Waals surface area contributed by atoms with E-state index in [9.17, 15) is 4.79 Å². The maximum absolute atomic E-state index is 12.0. The number of ether oxygens (including phenoxy) is 2. The van der Waals surface area contributed by atoms with Gasteiger partial charge in [-0.05, 0) is 49.9 Å². The lowest BCUT2D eigenvalue weighted by Crippen LogP contribution is -2.46. The third kappa shape index (κ3) is 3.85. The SMILES string of the molecule is [2H]C1Cc2sc3ncnc(OC4CCC(N5CCOCC5)C([2H])([2H])C4)c3c2[C@@]1([2H])C([2H])([2H])C(N)=O. The van der Waals surface area contributed by atoms with Gasteiger partial charge in [-0.3, -0.25) is 9.69 Å². The summed E-state index contributed by atoms with van der Waals surface area (Å²) in [6.45, 7) is 2.59. The van der Waals surface area contributed by atoms with Gasteiger partial charge in [0.2, 0.25) is 11.8 Å². The van der Waals surface area contributed by atoms with Crippen molar-refractivity contribution in [2.75, 3.05) is 26.3 Å². The van der Waals surface area contributed by atoms with E-state index in [1.54, 1.807) is 0 Å². The molecule has 3 unspecified atom stereocenters. The highest BCUT2D eigenvalue weighted by Gasteiger charge is 2.33. The zero-order chi connectivity index (χ0) is 25.2. The highest BCUT2D eigenvalue weighted by Crippen LogP contribution is 2.47. The third-order valence-electron chi connectivity index (χ3n) is 5.65. The second kappa shape index (κ2) is 8.16. The number of primary amides is 1. The van der Waals surface area contributed by atoms with Gasteiger partial charge in [-0.1, -0.05) is 0 Å². The van der Waals surface area contributed by atoms with E-state index in [2.05, 4.69) is 14.9 Å². The van der Waals surface area contributed by atoms with Crippen LogP contribution in [-0.2, 0) is 16.0 Å². The molecule has 2 aromatic rings. The van der Waals surface area contributed by atoms with Crippen LogP contribution in [0.2, 0.25) is 0 Å². The predicted molar refractivity (Wildman–Crippen MR) is 111 cm³/mol. The van der Waals surface area contributed by atoms with Crippen molar-refractivity contribution in [3.05, 3.63) is 16.8 Å². The fraction of sp³-hybridized carbons (Fsp3) is 0.667. The fourth-order valence-corrected chi connectivity index (χ4v) is 5.39. The van der Waals surface area contributed by atoms with Gasteiger partial charge in [0, 0.05) is 38.6 Å². The van der Waals surface area contributed by atoms with E-state index >= 15 is 0 Å². The second-order valence-corrected chi connectivity index (χ2v) is 8.54. The Morgan fingerprint density at radius 1 is 1.41 bits per heavy atom. The van der Waals surface area contributed by atoms with E-state index in [4.69, 9.17) is 23.4 Å². The van der Waals surface area contributed by atoms with Crippen LogP contribution in [0.1, 0.15) is 63.0 Å². The number of aryl methyl sites for hydroxylation is 1. The number of thiophene rings is 1. The summed E-state index contributed by atoms with van der Waals surface area (Å²) < 4.78 is 63.0. The maximum atomic E-state index is 12.0. The van der Waals surface area contributed by atoms with Crippen LogP contribution >= 0.6 is 11.3 Å². The number of carbonyl (C=O) groups excluding carboxylic acids is 1. The van der Waals surface area contributed by atoms with Crippen LogP contribution in [0, 0.1) is 0 Å². The maximum Gasteiger partial charge on any atom is 0.225 e. The van der Waals surface area contributed by atoms with E-state index in [1.165, 1.54) is 17.7 Å². The average molecular weight is 423 g/mol. The summed E-state index contributed by atoms with van der Waals surface area (Å²) in [5.41, 5.74) is 5.51. The Labute approximate surface area is 183 Å². The minimum Gasteiger partial charge on any atom is -0.474 e. The lowest BCUT2D eigenvalue weighted by molar-refractivity contribution is -0.118. The first-order chi connectivity index (χ1) is 16.5. The molecular weight excluding hydrogens is 388 g/mol. The number of carbonyl (C=O) groups is 1. The number of rotatable bonds is 5. The molecule has 29 heavy (non-hydrogen) atoms. The smallest absolute Gasteiger partial charge is 0.225 e. The molecule has 0 bridgehead atoms. The van der Waals surface area contributed by atoms with Crippen molar-refractivity contribution >= 4 is 27.5 Å². The Kier molecular flexibility index (Phi) is 3.80. The molecule has 1 aliphatic heterocycles. The molecule has 0 radical (unpaired) electrons. The lowest BCUT2D eigenvalue weighted by atomic mass is 9.91. The van der Waals surface area contributed by atoms with Crippen molar-refractivity contribution in [1.29, 1.82) is 0 Å². The molecule has 156 valence electrons. The van der Waals surface area contributed by atoms with Gasteiger partial charge in [-0.25, -0.2) is 9.97 Å². The predicted octanol–water partition coefficient (Wildman–Crippen LogP) is 2.62. The number of hydrogen-bond donors (Lipinski definition) is 1. The van der Waals surface area contributed by atoms with Crippen LogP contribution in [0.5, 0.6) is 5.88 Å². The molecule has 7 nitrogen and oxygen atoms in total. The van der Waals surface area contributed by atoms with Crippen LogP contribution in [0.4, 0.5) is 0 Å². The quantitative estimate of drug-likeness (QED) is 0.797. The molecule has 3 heterocycles. The molecular formula is C21H28N4O3S. The first-order valence-electron chi connectivity index (χ1n) is 13.0. The summed E-state index contributed by atoms with van der Waals surface area (Å²) >= 11 is 1.23. The van der Waals surface area contributed by atoms with E-state index in [0.717, 1.165) is 0 Å². The van der Waals surface area contributed by atoms with Gasteiger partial charge in [0.05, 0.1) is 18.6 Å². The van der Waals surface area contributed by atoms with Crippen LogP contribution in [-0.4, -0.2) is 59.2 Å². The fourth-order valence-electron chi connectivity index (χ4n) is 4.29. The van der Waals surface area contributed by atoms with Gasteiger partial charge in [0.15, 0.2) is 0 Å². The molecule has 2 aromatic heterocycles. The Morgan fingerprint density at radius 3 is 3.07 bits per heavy atom. The molecule has 5 rings (SSSR count). The number of amides is 1. The summed E-state index contributed by atoms with van der Waals surface area (Å²) in [5.74, 6) is -3.41. The molecule has 0 aromatic carbocycles. The Morgan fingerprint density at radius 2 is 2.28 bits per heavy atom. The molecule has 2 aliphatic carbocycles. The minimum absolute atomic E-state index is 0.0965. The summed E-state index contributed by atoms with van der Waals surface area (Å²) in [5, 5.41) is 0.318. The molecule has 0 spiro atoms. The summed E-state index contributed by atoms with van der Waals surface area (Å²) in [6, 6.07) is -0.227. The van der Waals surface area contributed by atoms with Gasteiger partial charge < -0.3 is 15.2 Å². The van der Waals surface area contributed by atoms with Crippen molar-refractivity contribution in [1.82, 2.24) is 14.9 Å². The zero-order valence-electron chi connectivity index (χ0n) is 22.0. The Balaban J connectivity index is 1.47. The van der Waals surface area contributed by atoms with Crippen LogP contribution in [0.15, 0.2) is 6.33 Å². The van der Waals surface area contributed by atoms with Crippen molar-refractivity contribution in [3.63, 3.8) is 0 Å². The van der Waals surface area contributed by atoms with Gasteiger partial charge in [-0.2, -0.15) is 0 Å². The number of hydrogen-bond acceptors (Lipinski definition) is 7. The largest absolute Gasteiger partial charge is 0.474 e. The van der Waals surface area contributed by atoms with Gasteiger partial charge >= 0.3 is 0 Å². The van der Waals surface area contributed by atoms with E-state index in [0.29, 0.717) is 54.2 Å². The van der Waals surface area contributed by atoms with Crippen molar-refractivity contribution in [3.8, 4) is 5.88 Å². The molecule has 1 amide bonds. The molecule has 1 saturated heterocycles. The standard InChI is InChI=1S/C21H28N4O3S/c22-17(26)11-13-1-6-16-18(13)19-20(23-12-24-21(19)29-16)28-15-4-2-14(3-5-15)25-7-9-27-10-8-25/h12-15H,1-11H2,(H2,22,26)/t13-,14?,15?/m1/s1/i1D,2D2,11D2,13D/t1?,13-,14?,15?. The minimum atomic E-state index is -2.79. The number of nitrogens with zero attached hydrogens (tertiary/aromatic N) is 3.